The molecule has 0 unspecified atom stereocenters. The SMILES string of the molecule is C=CC(=O)NCc1cc(C)cc2c(C)c(C)[nH]c12. The molecular formula is C15H18N2O. The average Bonchev–Trinajstić information content (AvgIpc) is 2.63. The van der Waals surface area contributed by atoms with Crippen molar-refractivity contribution >= 4 is 16.8 Å². The van der Waals surface area contributed by atoms with Gasteiger partial charge in [-0.05, 0) is 44.0 Å². The Bertz CT molecular complexity index is 623. The smallest absolute Gasteiger partial charge is 0.243 e. The number of nitrogens with one attached hydrogen (secondary N) is 2. The number of benzene rings is 1. The first-order valence-electron chi connectivity index (χ1n) is 6.01. The largest absolute Gasteiger partial charge is 0.358 e. The molecule has 1 heterocycles. The molecule has 94 valence electrons. The highest BCUT2D eigenvalue weighted by atomic mass is 16.1. The number of aryl methyl sites for hydroxylation is 3. The van der Waals surface area contributed by atoms with Crippen LogP contribution in [-0.2, 0) is 11.3 Å². The summed E-state index contributed by atoms with van der Waals surface area (Å²) in [5.41, 5.74) is 5.86. The second-order valence-electron chi connectivity index (χ2n) is 4.64. The molecule has 18 heavy (non-hydrogen) atoms. The van der Waals surface area contributed by atoms with Gasteiger partial charge in [0.2, 0.25) is 5.91 Å². The van der Waals surface area contributed by atoms with E-state index in [0.29, 0.717) is 6.54 Å². The van der Waals surface area contributed by atoms with Gasteiger partial charge in [-0.25, -0.2) is 0 Å². The highest BCUT2D eigenvalue weighted by Gasteiger charge is 2.09. The Hall–Kier alpha value is -2.03. The van der Waals surface area contributed by atoms with Gasteiger partial charge in [0.15, 0.2) is 0 Å². The highest BCUT2D eigenvalue weighted by molar-refractivity contribution is 5.89. The van der Waals surface area contributed by atoms with Crippen LogP contribution in [-0.4, -0.2) is 10.9 Å². The van der Waals surface area contributed by atoms with Crippen molar-refractivity contribution in [3.05, 3.63) is 47.2 Å². The van der Waals surface area contributed by atoms with Crippen molar-refractivity contribution in [1.29, 1.82) is 0 Å². The summed E-state index contributed by atoms with van der Waals surface area (Å²) < 4.78 is 0. The molecule has 0 aliphatic heterocycles. The fourth-order valence-corrected chi connectivity index (χ4v) is 2.18. The van der Waals surface area contributed by atoms with Crippen molar-refractivity contribution in [3.63, 3.8) is 0 Å². The average molecular weight is 242 g/mol. The number of hydrogen-bond acceptors (Lipinski definition) is 1. The van der Waals surface area contributed by atoms with Crippen molar-refractivity contribution in [1.82, 2.24) is 10.3 Å². The lowest BCUT2D eigenvalue weighted by molar-refractivity contribution is -0.116. The van der Waals surface area contributed by atoms with Crippen LogP contribution < -0.4 is 5.32 Å². The molecule has 0 aliphatic rings. The minimum Gasteiger partial charge on any atom is -0.358 e. The Morgan fingerprint density at radius 3 is 2.78 bits per heavy atom. The van der Waals surface area contributed by atoms with Gasteiger partial charge in [-0.15, -0.1) is 0 Å². The first kappa shape index (κ1) is 12.4. The van der Waals surface area contributed by atoms with E-state index in [1.165, 1.54) is 28.3 Å². The predicted molar refractivity (Wildman–Crippen MR) is 74.6 cm³/mol. The maximum absolute atomic E-state index is 11.2. The molecule has 0 spiro atoms. The van der Waals surface area contributed by atoms with Gasteiger partial charge in [0.1, 0.15) is 0 Å². The van der Waals surface area contributed by atoms with Crippen LogP contribution in [0.15, 0.2) is 24.8 Å². The lowest BCUT2D eigenvalue weighted by atomic mass is 10.0. The summed E-state index contributed by atoms with van der Waals surface area (Å²) in [6.45, 7) is 10.2. The van der Waals surface area contributed by atoms with E-state index in [4.69, 9.17) is 0 Å². The molecular weight excluding hydrogens is 224 g/mol. The van der Waals surface area contributed by atoms with Gasteiger partial charge >= 0.3 is 0 Å². The Morgan fingerprint density at radius 1 is 1.39 bits per heavy atom. The van der Waals surface area contributed by atoms with E-state index in [1.54, 1.807) is 0 Å². The van der Waals surface area contributed by atoms with Crippen LogP contribution in [0.1, 0.15) is 22.4 Å². The van der Waals surface area contributed by atoms with E-state index in [-0.39, 0.29) is 5.91 Å². The zero-order valence-corrected chi connectivity index (χ0v) is 11.1. The first-order chi connectivity index (χ1) is 8.52. The number of amides is 1. The maximum Gasteiger partial charge on any atom is 0.243 e. The summed E-state index contributed by atoms with van der Waals surface area (Å²) >= 11 is 0. The summed E-state index contributed by atoms with van der Waals surface area (Å²) in [5.74, 6) is -0.148. The molecule has 1 aromatic carbocycles. The zero-order chi connectivity index (χ0) is 13.3. The van der Waals surface area contributed by atoms with Crippen molar-refractivity contribution in [2.24, 2.45) is 0 Å². The summed E-state index contributed by atoms with van der Waals surface area (Å²) in [5, 5.41) is 4.05. The second kappa shape index (κ2) is 4.69. The summed E-state index contributed by atoms with van der Waals surface area (Å²) in [7, 11) is 0. The maximum atomic E-state index is 11.2. The van der Waals surface area contributed by atoms with Crippen LogP contribution in [0, 0.1) is 20.8 Å². The molecule has 3 nitrogen and oxygen atoms in total. The van der Waals surface area contributed by atoms with Gasteiger partial charge in [0.05, 0.1) is 5.52 Å². The summed E-state index contributed by atoms with van der Waals surface area (Å²) in [6, 6.07) is 4.27. The molecule has 0 fully saturated rings. The molecule has 0 bridgehead atoms. The minimum absolute atomic E-state index is 0.148. The van der Waals surface area contributed by atoms with Gasteiger partial charge in [-0.3, -0.25) is 4.79 Å². The third-order valence-electron chi connectivity index (χ3n) is 3.28. The number of carbonyl (C=O) groups excluding carboxylic acids is 1. The topological polar surface area (TPSA) is 44.9 Å². The Labute approximate surface area is 107 Å². The number of aromatic nitrogens is 1. The molecule has 0 aliphatic carbocycles. The number of aromatic amines is 1. The van der Waals surface area contributed by atoms with E-state index < -0.39 is 0 Å². The fraction of sp³-hybridized carbons (Fsp3) is 0.267. The van der Waals surface area contributed by atoms with Gasteiger partial charge in [-0.2, -0.15) is 0 Å². The van der Waals surface area contributed by atoms with Crippen LogP contribution in [0.3, 0.4) is 0 Å². The minimum atomic E-state index is -0.148. The second-order valence-corrected chi connectivity index (χ2v) is 4.64. The summed E-state index contributed by atoms with van der Waals surface area (Å²) in [4.78, 5) is 14.6. The van der Waals surface area contributed by atoms with E-state index in [1.807, 2.05) is 0 Å². The molecule has 0 atom stereocenters. The van der Waals surface area contributed by atoms with Gasteiger partial charge in [0.25, 0.3) is 0 Å². The van der Waals surface area contributed by atoms with Crippen LogP contribution in [0.5, 0.6) is 0 Å². The zero-order valence-electron chi connectivity index (χ0n) is 11.1. The molecule has 1 aromatic heterocycles. The molecule has 0 radical (unpaired) electrons. The lowest BCUT2D eigenvalue weighted by Crippen LogP contribution is -2.20. The number of H-pyrrole nitrogens is 1. The third-order valence-corrected chi connectivity index (χ3v) is 3.28. The van der Waals surface area contributed by atoms with Crippen molar-refractivity contribution in [3.8, 4) is 0 Å². The molecule has 0 saturated heterocycles. The van der Waals surface area contributed by atoms with Gasteiger partial charge in [-0.1, -0.05) is 18.2 Å². The van der Waals surface area contributed by atoms with Crippen molar-refractivity contribution in [2.45, 2.75) is 27.3 Å². The van der Waals surface area contributed by atoms with Gasteiger partial charge < -0.3 is 10.3 Å². The molecule has 2 rings (SSSR count). The van der Waals surface area contributed by atoms with E-state index in [9.17, 15) is 4.79 Å². The molecule has 2 aromatic rings. The van der Waals surface area contributed by atoms with Crippen LogP contribution in [0.2, 0.25) is 0 Å². The Balaban J connectivity index is 2.46. The molecule has 2 N–H and O–H groups in total. The van der Waals surface area contributed by atoms with E-state index in [2.05, 4.69) is 49.8 Å². The van der Waals surface area contributed by atoms with E-state index >= 15 is 0 Å². The van der Waals surface area contributed by atoms with Gasteiger partial charge in [0, 0.05) is 17.6 Å². The number of hydrogen-bond donors (Lipinski definition) is 2. The number of rotatable bonds is 3. The quantitative estimate of drug-likeness (QED) is 0.799. The van der Waals surface area contributed by atoms with Crippen LogP contribution >= 0.6 is 0 Å². The van der Waals surface area contributed by atoms with Crippen molar-refractivity contribution in [2.75, 3.05) is 0 Å². The fourth-order valence-electron chi connectivity index (χ4n) is 2.18. The van der Waals surface area contributed by atoms with Crippen molar-refractivity contribution < 1.29 is 4.79 Å². The predicted octanol–water partition coefficient (Wildman–Crippen LogP) is 2.90. The molecule has 0 saturated carbocycles. The number of carbonyl (C=O) groups is 1. The Kier molecular flexibility index (Phi) is 3.24. The molecule has 3 heteroatoms. The first-order valence-corrected chi connectivity index (χ1v) is 6.01. The lowest BCUT2D eigenvalue weighted by Gasteiger charge is -2.06. The van der Waals surface area contributed by atoms with E-state index in [0.717, 1.165) is 11.1 Å². The monoisotopic (exact) mass is 242 g/mol. The van der Waals surface area contributed by atoms with Crippen LogP contribution in [0.4, 0.5) is 0 Å². The molecule has 1 amide bonds. The van der Waals surface area contributed by atoms with Crippen LogP contribution in [0.25, 0.3) is 10.9 Å². The standard InChI is InChI=1S/C15H18N2O/c1-5-14(18)16-8-12-6-9(2)7-13-10(3)11(4)17-15(12)13/h5-7,17H,1,8H2,2-4H3,(H,16,18). The third kappa shape index (κ3) is 2.16. The Morgan fingerprint density at radius 2 is 2.11 bits per heavy atom. The normalized spacial score (nSPS) is 10.6. The highest BCUT2D eigenvalue weighted by Crippen LogP contribution is 2.25. The summed E-state index contributed by atoms with van der Waals surface area (Å²) in [6.07, 6.45) is 1.29. The number of fused-ring (bicyclic) bond motifs is 1.